The number of hydrogen-bond donors (Lipinski definition) is 5. The Morgan fingerprint density at radius 3 is 2.02 bits per heavy atom. The molecule has 3 aliphatic rings. The Balaban J connectivity index is 0.889. The van der Waals surface area contributed by atoms with E-state index < -0.39 is 35.9 Å². The second-order valence-electron chi connectivity index (χ2n) is 17.6. The van der Waals surface area contributed by atoms with Crippen molar-refractivity contribution in [3.05, 3.63) is 109 Å². The number of amides is 4. The molecule has 3 saturated heterocycles. The number of methoxy groups -OCH3 is 2. The van der Waals surface area contributed by atoms with Crippen LogP contribution in [-0.2, 0) is 30.2 Å². The number of nitrogens with one attached hydrogen (secondary N) is 5. The third kappa shape index (κ3) is 8.82. The van der Waals surface area contributed by atoms with Crippen LogP contribution in [0.3, 0.4) is 0 Å². The van der Waals surface area contributed by atoms with Crippen molar-refractivity contribution in [2.75, 3.05) is 33.9 Å². The number of H-pyrrole nitrogens is 3. The van der Waals surface area contributed by atoms with Crippen LogP contribution in [0.2, 0.25) is 0 Å². The lowest BCUT2D eigenvalue weighted by atomic mass is 9.96. The van der Waals surface area contributed by atoms with Crippen LogP contribution in [0.1, 0.15) is 75.2 Å². The zero-order valence-corrected chi connectivity index (χ0v) is 37.1. The largest absolute Gasteiger partial charge is 0.453 e. The lowest BCUT2D eigenvalue weighted by molar-refractivity contribution is -0.136. The number of aromatic amines is 3. The maximum Gasteiger partial charge on any atom is 0.407 e. The molecule has 5 atom stereocenters. The van der Waals surface area contributed by atoms with Crippen LogP contribution in [0, 0.1) is 5.92 Å². The molecule has 16 nitrogen and oxygen atoms in total. The van der Waals surface area contributed by atoms with Gasteiger partial charge >= 0.3 is 12.2 Å². The molecule has 9 rings (SSSR count). The molecule has 3 aromatic heterocycles. The van der Waals surface area contributed by atoms with E-state index >= 15 is 0 Å². The van der Waals surface area contributed by atoms with Gasteiger partial charge in [0.25, 0.3) is 0 Å². The Morgan fingerprint density at radius 2 is 1.40 bits per heavy atom. The quantitative estimate of drug-likeness (QED) is 0.0829. The average molecular weight is 882 g/mol. The van der Waals surface area contributed by atoms with Gasteiger partial charge in [0.2, 0.25) is 11.8 Å². The first-order valence-electron chi connectivity index (χ1n) is 22.3. The van der Waals surface area contributed by atoms with Crippen molar-refractivity contribution in [1.82, 2.24) is 45.4 Å². The number of alkyl carbamates (subject to hydrolysis) is 2. The zero-order valence-electron chi connectivity index (χ0n) is 37.1. The predicted octanol–water partition coefficient (Wildman–Crippen LogP) is 7.45. The smallest absolute Gasteiger partial charge is 0.407 e. The van der Waals surface area contributed by atoms with Gasteiger partial charge < -0.3 is 49.6 Å². The molecule has 3 aliphatic heterocycles. The highest BCUT2D eigenvalue weighted by Crippen LogP contribution is 2.45. The second kappa shape index (κ2) is 18.3. The monoisotopic (exact) mass is 881 g/mol. The Kier molecular flexibility index (Phi) is 12.2. The summed E-state index contributed by atoms with van der Waals surface area (Å²) in [6, 6.07) is 22.2. The molecule has 338 valence electrons. The Hall–Kier alpha value is -6.94. The molecule has 0 radical (unpaired) electrons. The summed E-state index contributed by atoms with van der Waals surface area (Å²) in [5, 5.41) is 6.51. The van der Waals surface area contributed by atoms with E-state index in [0.717, 1.165) is 75.8 Å². The van der Waals surface area contributed by atoms with E-state index in [0.29, 0.717) is 37.8 Å². The second-order valence-corrected chi connectivity index (χ2v) is 17.6. The third-order valence-electron chi connectivity index (χ3n) is 13.2. The van der Waals surface area contributed by atoms with Crippen LogP contribution >= 0.6 is 0 Å². The van der Waals surface area contributed by atoms with E-state index in [-0.39, 0.29) is 30.2 Å². The van der Waals surface area contributed by atoms with Crippen LogP contribution in [0.4, 0.5) is 9.59 Å². The number of aromatic nitrogens is 5. The molecule has 1 spiro atoms. The number of benzene rings is 3. The van der Waals surface area contributed by atoms with Crippen molar-refractivity contribution in [3.8, 4) is 33.6 Å². The first-order chi connectivity index (χ1) is 31.5. The van der Waals surface area contributed by atoms with Gasteiger partial charge in [-0.25, -0.2) is 19.6 Å². The van der Waals surface area contributed by atoms with E-state index in [9.17, 15) is 19.2 Å². The summed E-state index contributed by atoms with van der Waals surface area (Å²) in [6.07, 6.45) is 8.42. The number of ether oxygens (including phenoxy) is 3. The maximum absolute atomic E-state index is 14.6. The number of imidazole rings is 2. The number of para-hydroxylation sites is 1. The minimum absolute atomic E-state index is 0.114. The highest BCUT2D eigenvalue weighted by atomic mass is 16.5. The summed E-state index contributed by atoms with van der Waals surface area (Å²) in [5.41, 5.74) is 7.05. The number of nitrogens with zero attached hydrogens (tertiary/aromatic N) is 4. The Morgan fingerprint density at radius 1 is 0.785 bits per heavy atom. The van der Waals surface area contributed by atoms with Gasteiger partial charge in [-0.3, -0.25) is 9.59 Å². The molecule has 0 aliphatic carbocycles. The van der Waals surface area contributed by atoms with Crippen molar-refractivity contribution in [1.29, 1.82) is 0 Å². The first kappa shape index (κ1) is 43.3. The van der Waals surface area contributed by atoms with Crippen molar-refractivity contribution in [2.24, 2.45) is 5.92 Å². The maximum atomic E-state index is 14.6. The number of carbonyl (C=O) groups excluding carboxylic acids is 4. The fourth-order valence-electron chi connectivity index (χ4n) is 9.77. The molecule has 4 amide bonds. The number of fused-ring (bicyclic) bond motifs is 1. The van der Waals surface area contributed by atoms with Gasteiger partial charge in [0.1, 0.15) is 23.7 Å². The van der Waals surface area contributed by atoms with Crippen LogP contribution in [0.5, 0.6) is 0 Å². The molecule has 65 heavy (non-hydrogen) atoms. The van der Waals surface area contributed by atoms with Gasteiger partial charge in [0, 0.05) is 43.1 Å². The molecule has 6 aromatic rings. The minimum Gasteiger partial charge on any atom is -0.453 e. The van der Waals surface area contributed by atoms with Gasteiger partial charge in [0.05, 0.1) is 62.2 Å². The first-order valence-corrected chi connectivity index (χ1v) is 22.3. The van der Waals surface area contributed by atoms with E-state index in [1.54, 1.807) is 17.3 Å². The minimum atomic E-state index is -0.879. The Bertz CT molecular complexity index is 2660. The molecule has 0 bridgehead atoms. The number of rotatable bonds is 12. The van der Waals surface area contributed by atoms with E-state index in [4.69, 9.17) is 24.2 Å². The van der Waals surface area contributed by atoms with Crippen molar-refractivity contribution < 1.29 is 33.4 Å². The normalized spacial score (nSPS) is 20.4. The Labute approximate surface area is 376 Å². The molecular formula is C49H55N9O7. The summed E-state index contributed by atoms with van der Waals surface area (Å²) >= 11 is 0. The average Bonchev–Trinajstić information content (AvgIpc) is 4.20. The highest BCUT2D eigenvalue weighted by molar-refractivity contribution is 5.89. The van der Waals surface area contributed by atoms with Crippen molar-refractivity contribution in [3.63, 3.8) is 0 Å². The van der Waals surface area contributed by atoms with Crippen molar-refractivity contribution >= 4 is 34.9 Å². The summed E-state index contributed by atoms with van der Waals surface area (Å²) in [5.74, 6) is 0.892. The van der Waals surface area contributed by atoms with Gasteiger partial charge in [-0.05, 0) is 65.5 Å². The topological polar surface area (TPSA) is 200 Å². The SMILES string of the molecule is COC(=O)N[C@H](C(=O)N1CCC[C@H]1c1ncc(-c2ccc(-c3ccc(-c4cnc([C@@H]5C[C@@]6(CCCO6)CN5C(=O)[C@@H](Cc5c[nH]c6ccccc56)NC(=O)OC)[nH]4)cc3)cc2)[nH]1)C(C)C. The lowest BCUT2D eigenvalue weighted by Crippen LogP contribution is -2.51. The van der Waals surface area contributed by atoms with Crippen LogP contribution in [0.25, 0.3) is 44.5 Å². The summed E-state index contributed by atoms with van der Waals surface area (Å²) in [4.78, 5) is 76.3. The fraction of sp³-hybridized carbons (Fsp3) is 0.388. The molecule has 0 unspecified atom stereocenters. The number of likely N-dealkylation sites (tertiary alicyclic amines) is 2. The summed E-state index contributed by atoms with van der Waals surface area (Å²) in [6.45, 7) is 5.42. The van der Waals surface area contributed by atoms with Gasteiger partial charge in [-0.1, -0.05) is 80.6 Å². The molecular weight excluding hydrogens is 827 g/mol. The van der Waals surface area contributed by atoms with E-state index in [1.165, 1.54) is 14.2 Å². The zero-order chi connectivity index (χ0) is 45.2. The van der Waals surface area contributed by atoms with E-state index in [2.05, 4.69) is 74.1 Å². The van der Waals surface area contributed by atoms with Crippen LogP contribution in [-0.4, -0.2) is 110 Å². The lowest BCUT2D eigenvalue weighted by Gasteiger charge is -2.30. The van der Waals surface area contributed by atoms with Crippen molar-refractivity contribution in [2.45, 2.75) is 82.1 Å². The molecule has 0 saturated carbocycles. The summed E-state index contributed by atoms with van der Waals surface area (Å²) in [7, 11) is 2.58. The van der Waals surface area contributed by atoms with Gasteiger partial charge in [-0.2, -0.15) is 0 Å². The van der Waals surface area contributed by atoms with Gasteiger partial charge in [-0.15, -0.1) is 0 Å². The van der Waals surface area contributed by atoms with Crippen LogP contribution in [0.15, 0.2) is 91.4 Å². The third-order valence-corrected chi connectivity index (χ3v) is 13.2. The van der Waals surface area contributed by atoms with Crippen LogP contribution < -0.4 is 10.6 Å². The standard InChI is InChI=1S/C49H55N9O7/c1-29(2)42(56-48(62)64-4)46(60)57-21-7-11-40(57)43-51-26-38(53-43)32-16-12-30(13-17-32)31-14-18-33(19-15-31)39-27-52-44(54-39)41-24-49(20-8-22-65-49)28-58(41)45(59)37(55-47(61)63-3)23-34-25-50-36-10-6-5-9-35(34)36/h5-6,9-10,12-19,25-27,29,37,40-42,50H,7-8,11,20-24,28H2,1-4H3,(H,51,53)(H,52,54)(H,55,61)(H,56,62)/t37-,40+,41+,42+,49+/m1/s1. The molecule has 3 aromatic carbocycles. The fourth-order valence-corrected chi connectivity index (χ4v) is 9.77. The number of carbonyl (C=O) groups is 4. The summed E-state index contributed by atoms with van der Waals surface area (Å²) < 4.78 is 16.1. The molecule has 6 heterocycles. The van der Waals surface area contributed by atoms with Gasteiger partial charge in [0.15, 0.2) is 0 Å². The predicted molar refractivity (Wildman–Crippen MR) is 243 cm³/mol. The number of hydrogen-bond acceptors (Lipinski definition) is 9. The van der Waals surface area contributed by atoms with E-state index in [1.807, 2.05) is 49.2 Å². The molecule has 3 fully saturated rings. The highest BCUT2D eigenvalue weighted by Gasteiger charge is 2.51. The molecule has 5 N–H and O–H groups in total. The molecule has 16 heteroatoms.